The van der Waals surface area contributed by atoms with E-state index in [9.17, 15) is 0 Å². The van der Waals surface area contributed by atoms with E-state index in [0.29, 0.717) is 5.92 Å². The average molecular weight is 819 g/mol. The second-order valence-electron chi connectivity index (χ2n) is 16.5. The van der Waals surface area contributed by atoms with Gasteiger partial charge in [0.2, 0.25) is 0 Å². The van der Waals surface area contributed by atoms with Gasteiger partial charge in [0.25, 0.3) is 0 Å². The first kappa shape index (κ1) is 38.7. The maximum atomic E-state index is 2.39. The Morgan fingerprint density at radius 2 is 0.781 bits per heavy atom. The average Bonchev–Trinajstić information content (AvgIpc) is 3.38. The van der Waals surface area contributed by atoms with E-state index < -0.39 is 0 Å². The fourth-order valence-corrected chi connectivity index (χ4v) is 9.38. The maximum absolute atomic E-state index is 2.39. The number of benzene rings is 10. The fourth-order valence-electron chi connectivity index (χ4n) is 9.38. The van der Waals surface area contributed by atoms with Crippen LogP contribution in [-0.4, -0.2) is 0 Å². The van der Waals surface area contributed by atoms with Gasteiger partial charge in [-0.25, -0.2) is 0 Å². The van der Waals surface area contributed by atoms with Gasteiger partial charge in [0, 0.05) is 40.1 Å². The lowest BCUT2D eigenvalue weighted by molar-refractivity contribution is 0.847. The molecule has 10 aromatic rings. The van der Waals surface area contributed by atoms with Crippen molar-refractivity contribution in [2.24, 2.45) is 0 Å². The minimum Gasteiger partial charge on any atom is -0.311 e. The minimum absolute atomic E-state index is 0.334. The summed E-state index contributed by atoms with van der Waals surface area (Å²) in [5, 5.41) is 5.14. The molecule has 2 nitrogen and oxygen atoms in total. The molecule has 1 aliphatic carbocycles. The zero-order valence-electron chi connectivity index (χ0n) is 35.5. The van der Waals surface area contributed by atoms with Gasteiger partial charge in [0.1, 0.15) is 0 Å². The topological polar surface area (TPSA) is 6.48 Å². The SMILES string of the molecule is C1=CC(c2cccc3ccccc23)CC=C1N(c1ccccc1)c1ccc(-c2cccc(-c3ccc(N(c4ccccc4)c4ccc(-c5cccc6ccccc56)cc4)cc3)c2)cc1. The van der Waals surface area contributed by atoms with Crippen LogP contribution < -0.4 is 9.80 Å². The van der Waals surface area contributed by atoms with Gasteiger partial charge in [-0.05, 0) is 140 Å². The molecular weight excluding hydrogens is 773 g/mol. The van der Waals surface area contributed by atoms with E-state index in [1.807, 2.05) is 0 Å². The highest BCUT2D eigenvalue weighted by atomic mass is 15.1. The van der Waals surface area contributed by atoms with Crippen molar-refractivity contribution in [1.29, 1.82) is 0 Å². The highest BCUT2D eigenvalue weighted by Crippen LogP contribution is 2.40. The van der Waals surface area contributed by atoms with Crippen LogP contribution in [0.4, 0.5) is 28.4 Å². The number of anilines is 5. The summed E-state index contributed by atoms with van der Waals surface area (Å²) in [5.74, 6) is 0.334. The molecule has 0 fully saturated rings. The minimum atomic E-state index is 0.334. The summed E-state index contributed by atoms with van der Waals surface area (Å²) in [5.41, 5.74) is 15.4. The molecule has 10 aromatic carbocycles. The highest BCUT2D eigenvalue weighted by Gasteiger charge is 2.20. The standard InChI is InChI=1S/C62H46N2/c1-3-20-53(21-4-1)63(57-40-32-49(33-41-57)61-26-12-16-47-14-7-9-24-59(47)61)55-36-28-45(29-37-55)51-18-11-19-52(44-51)46-30-38-56(39-31-46)64(54-22-5-2-6-23-54)58-42-34-50(35-43-58)62-27-13-17-48-15-8-10-25-60(48)62/h1-34,36-44,50H,35H2. The summed E-state index contributed by atoms with van der Waals surface area (Å²) in [4.78, 5) is 4.70. The molecule has 0 heterocycles. The molecule has 0 bridgehead atoms. The first-order chi connectivity index (χ1) is 31.7. The van der Waals surface area contributed by atoms with E-state index in [1.165, 1.54) is 66.2 Å². The predicted molar refractivity (Wildman–Crippen MR) is 272 cm³/mol. The molecule has 0 radical (unpaired) electrons. The molecule has 0 aliphatic heterocycles. The second-order valence-corrected chi connectivity index (χ2v) is 16.5. The van der Waals surface area contributed by atoms with E-state index in [2.05, 4.69) is 271 Å². The Morgan fingerprint density at radius 1 is 0.328 bits per heavy atom. The van der Waals surface area contributed by atoms with Crippen molar-refractivity contribution >= 4 is 50.0 Å². The predicted octanol–water partition coefficient (Wildman–Crippen LogP) is 17.2. The van der Waals surface area contributed by atoms with Gasteiger partial charge >= 0.3 is 0 Å². The van der Waals surface area contributed by atoms with Crippen LogP contribution >= 0.6 is 0 Å². The normalized spacial score (nSPS) is 13.4. The van der Waals surface area contributed by atoms with Crippen molar-refractivity contribution in [2.75, 3.05) is 9.80 Å². The maximum Gasteiger partial charge on any atom is 0.0462 e. The van der Waals surface area contributed by atoms with Crippen molar-refractivity contribution in [1.82, 2.24) is 0 Å². The van der Waals surface area contributed by atoms with E-state index >= 15 is 0 Å². The third-order valence-corrected chi connectivity index (χ3v) is 12.6. The molecule has 0 saturated carbocycles. The van der Waals surface area contributed by atoms with Gasteiger partial charge in [0.05, 0.1) is 0 Å². The third-order valence-electron chi connectivity index (χ3n) is 12.6. The van der Waals surface area contributed by atoms with Gasteiger partial charge in [-0.15, -0.1) is 0 Å². The van der Waals surface area contributed by atoms with Crippen LogP contribution in [0.25, 0.3) is 54.9 Å². The number of nitrogens with zero attached hydrogens (tertiary/aromatic N) is 2. The summed E-state index contributed by atoms with van der Waals surface area (Å²) in [7, 11) is 0. The third kappa shape index (κ3) is 7.67. The molecular formula is C62H46N2. The number of para-hydroxylation sites is 2. The lowest BCUT2D eigenvalue weighted by Crippen LogP contribution is -2.17. The number of hydrogen-bond acceptors (Lipinski definition) is 2. The quantitative estimate of drug-likeness (QED) is 0.136. The summed E-state index contributed by atoms with van der Waals surface area (Å²) >= 11 is 0. The molecule has 0 N–H and O–H groups in total. The zero-order valence-corrected chi connectivity index (χ0v) is 35.5. The lowest BCUT2D eigenvalue weighted by atomic mass is 9.88. The molecule has 0 amide bonds. The van der Waals surface area contributed by atoms with Gasteiger partial charge in [0.15, 0.2) is 0 Å². The largest absolute Gasteiger partial charge is 0.311 e. The molecule has 1 aliphatic rings. The molecule has 304 valence electrons. The van der Waals surface area contributed by atoms with Crippen molar-refractivity contribution in [3.63, 3.8) is 0 Å². The first-order valence-corrected chi connectivity index (χ1v) is 22.2. The molecule has 1 unspecified atom stereocenters. The Labute approximate surface area is 376 Å². The highest BCUT2D eigenvalue weighted by molar-refractivity contribution is 5.97. The van der Waals surface area contributed by atoms with Gasteiger partial charge in [-0.3, -0.25) is 0 Å². The zero-order chi connectivity index (χ0) is 42.7. The molecule has 2 heteroatoms. The van der Waals surface area contributed by atoms with Gasteiger partial charge < -0.3 is 9.80 Å². The monoisotopic (exact) mass is 818 g/mol. The van der Waals surface area contributed by atoms with Crippen LogP contribution in [-0.2, 0) is 0 Å². The summed E-state index contributed by atoms with van der Waals surface area (Å²) in [6, 6.07) is 87.6. The smallest absolute Gasteiger partial charge is 0.0462 e. The Morgan fingerprint density at radius 3 is 1.38 bits per heavy atom. The van der Waals surface area contributed by atoms with E-state index in [1.54, 1.807) is 0 Å². The summed E-state index contributed by atoms with van der Waals surface area (Å²) < 4.78 is 0. The van der Waals surface area contributed by atoms with Crippen LogP contribution in [0.15, 0.2) is 267 Å². The van der Waals surface area contributed by atoms with Crippen molar-refractivity contribution in [3.8, 4) is 33.4 Å². The van der Waals surface area contributed by atoms with E-state index in [0.717, 1.165) is 34.9 Å². The Balaban J connectivity index is 0.848. The number of fused-ring (bicyclic) bond motifs is 2. The molecule has 0 spiro atoms. The lowest BCUT2D eigenvalue weighted by Gasteiger charge is -2.29. The van der Waals surface area contributed by atoms with Crippen LogP contribution in [0.5, 0.6) is 0 Å². The molecule has 0 aromatic heterocycles. The van der Waals surface area contributed by atoms with Crippen LogP contribution in [0, 0.1) is 0 Å². The molecule has 0 saturated heterocycles. The number of hydrogen-bond donors (Lipinski definition) is 0. The Bertz CT molecular complexity index is 3260. The second kappa shape index (κ2) is 17.3. The van der Waals surface area contributed by atoms with Crippen molar-refractivity contribution in [3.05, 3.63) is 272 Å². The molecule has 1 atom stereocenters. The van der Waals surface area contributed by atoms with Gasteiger partial charge in [-0.1, -0.05) is 188 Å². The number of rotatable bonds is 10. The van der Waals surface area contributed by atoms with Crippen LogP contribution in [0.2, 0.25) is 0 Å². The van der Waals surface area contributed by atoms with E-state index in [-0.39, 0.29) is 0 Å². The Hall–Kier alpha value is -8.20. The fraction of sp³-hybridized carbons (Fsp3) is 0.0323. The van der Waals surface area contributed by atoms with Crippen molar-refractivity contribution < 1.29 is 0 Å². The molecule has 11 rings (SSSR count). The van der Waals surface area contributed by atoms with Crippen LogP contribution in [0.3, 0.4) is 0 Å². The van der Waals surface area contributed by atoms with Gasteiger partial charge in [-0.2, -0.15) is 0 Å². The summed E-state index contributed by atoms with van der Waals surface area (Å²) in [6.07, 6.45) is 8.01. The van der Waals surface area contributed by atoms with Crippen LogP contribution in [0.1, 0.15) is 17.9 Å². The Kier molecular flexibility index (Phi) is 10.5. The van der Waals surface area contributed by atoms with E-state index in [4.69, 9.17) is 0 Å². The number of allylic oxidation sites excluding steroid dienone is 3. The molecule has 64 heavy (non-hydrogen) atoms. The first-order valence-electron chi connectivity index (χ1n) is 22.2. The summed E-state index contributed by atoms with van der Waals surface area (Å²) in [6.45, 7) is 0. The van der Waals surface area contributed by atoms with Crippen molar-refractivity contribution in [2.45, 2.75) is 12.3 Å².